The van der Waals surface area contributed by atoms with Crippen molar-refractivity contribution in [2.45, 2.75) is 25.0 Å². The molecule has 1 atom stereocenters. The van der Waals surface area contributed by atoms with Gasteiger partial charge in [-0.1, -0.05) is 0 Å². The quantitative estimate of drug-likeness (QED) is 0.499. The summed E-state index contributed by atoms with van der Waals surface area (Å²) in [5, 5.41) is 18.0. The second kappa shape index (κ2) is 10.5. The Bertz CT molecular complexity index is 1040. The number of ether oxygens (including phenoxy) is 1. The average molecular weight is 436 g/mol. The predicted molar refractivity (Wildman–Crippen MR) is 124 cm³/mol. The smallest absolute Gasteiger partial charge is 0.238 e. The maximum Gasteiger partial charge on any atom is 0.238 e. The number of fused-ring (bicyclic) bond motifs is 1. The molecule has 4 rings (SSSR count). The molecule has 1 unspecified atom stereocenters. The van der Waals surface area contributed by atoms with Crippen LogP contribution in [0.5, 0.6) is 5.75 Å². The second-order valence-electron chi connectivity index (χ2n) is 8.04. The Kier molecular flexibility index (Phi) is 7.26. The van der Waals surface area contributed by atoms with Gasteiger partial charge >= 0.3 is 0 Å². The van der Waals surface area contributed by atoms with Crippen molar-refractivity contribution in [1.29, 1.82) is 0 Å². The number of nitrogens with zero attached hydrogens (tertiary/aromatic N) is 3. The molecule has 1 saturated heterocycles. The van der Waals surface area contributed by atoms with Gasteiger partial charge in [-0.05, 0) is 67.9 Å². The maximum absolute atomic E-state index is 12.1. The number of carbonyl (C=O) groups is 1. The highest BCUT2D eigenvalue weighted by molar-refractivity contribution is 5.92. The van der Waals surface area contributed by atoms with E-state index in [4.69, 9.17) is 4.74 Å². The minimum Gasteiger partial charge on any atom is -0.497 e. The number of likely N-dealkylation sites (tertiary alicyclic amines) is 1. The lowest BCUT2D eigenvalue weighted by Crippen LogP contribution is -2.45. The molecule has 1 aliphatic heterocycles. The van der Waals surface area contributed by atoms with Crippen LogP contribution in [0.3, 0.4) is 0 Å². The highest BCUT2D eigenvalue weighted by atomic mass is 16.5. The summed E-state index contributed by atoms with van der Waals surface area (Å²) in [4.78, 5) is 22.8. The molecule has 0 bridgehead atoms. The average Bonchev–Trinajstić information content (AvgIpc) is 2.83. The van der Waals surface area contributed by atoms with Gasteiger partial charge in [0.05, 0.1) is 37.2 Å². The van der Waals surface area contributed by atoms with Crippen molar-refractivity contribution in [3.8, 4) is 5.75 Å². The first-order valence-corrected chi connectivity index (χ1v) is 10.9. The highest BCUT2D eigenvalue weighted by Crippen LogP contribution is 2.27. The molecule has 3 aromatic rings. The predicted octanol–water partition coefficient (Wildman–Crippen LogP) is 2.36. The van der Waals surface area contributed by atoms with Crippen LogP contribution < -0.4 is 15.4 Å². The molecule has 3 N–H and O–H groups in total. The minimum absolute atomic E-state index is 0.0733. The lowest BCUT2D eigenvalue weighted by atomic mass is 10.0. The molecule has 8 heteroatoms. The number of aliphatic hydroxyl groups is 1. The van der Waals surface area contributed by atoms with Crippen molar-refractivity contribution in [3.05, 3.63) is 60.6 Å². The molecule has 1 amide bonds. The zero-order valence-corrected chi connectivity index (χ0v) is 18.2. The first kappa shape index (κ1) is 22.1. The van der Waals surface area contributed by atoms with E-state index >= 15 is 0 Å². The number of pyridine rings is 2. The number of aliphatic hydroxyl groups excluding tert-OH is 1. The number of methoxy groups -OCH3 is 1. The lowest BCUT2D eigenvalue weighted by Gasteiger charge is -2.33. The number of piperidine rings is 1. The Morgan fingerprint density at radius 1 is 1.25 bits per heavy atom. The van der Waals surface area contributed by atoms with Gasteiger partial charge in [-0.2, -0.15) is 0 Å². The lowest BCUT2D eigenvalue weighted by molar-refractivity contribution is -0.115. The van der Waals surface area contributed by atoms with Crippen molar-refractivity contribution >= 4 is 22.5 Å². The van der Waals surface area contributed by atoms with Gasteiger partial charge in [0.15, 0.2) is 0 Å². The van der Waals surface area contributed by atoms with Gasteiger partial charge < -0.3 is 25.4 Å². The number of hydrogen-bond acceptors (Lipinski definition) is 7. The summed E-state index contributed by atoms with van der Waals surface area (Å²) in [6.45, 7) is 2.56. The molecule has 32 heavy (non-hydrogen) atoms. The van der Waals surface area contributed by atoms with Crippen LogP contribution in [0, 0.1) is 0 Å². The van der Waals surface area contributed by atoms with E-state index in [9.17, 15) is 9.90 Å². The van der Waals surface area contributed by atoms with Gasteiger partial charge in [-0.25, -0.2) is 0 Å². The first-order valence-electron chi connectivity index (χ1n) is 10.9. The summed E-state index contributed by atoms with van der Waals surface area (Å²) >= 11 is 0. The third-order valence-corrected chi connectivity index (χ3v) is 5.86. The molecule has 1 aliphatic rings. The molecule has 0 aliphatic carbocycles. The number of carbonyl (C=O) groups excluding carboxylic acids is 1. The number of nitrogens with one attached hydrogen (secondary N) is 2. The molecule has 0 spiro atoms. The number of hydrogen-bond donors (Lipinski definition) is 3. The Balaban J connectivity index is 1.26. The van der Waals surface area contributed by atoms with E-state index in [0.717, 1.165) is 48.1 Å². The zero-order valence-electron chi connectivity index (χ0n) is 18.2. The summed E-state index contributed by atoms with van der Waals surface area (Å²) < 4.78 is 5.33. The standard InChI is InChI=1S/C24H29N5O3/c1-32-19-4-5-22-21(13-19)20(6-10-26-22)23(30)16-29-11-7-17(8-12-29)27-15-24(31)28-18-3-2-9-25-14-18/h2-6,9-10,13-14,17,23,27,30H,7-8,11-12,15-16H2,1H3,(H,28,31). The third kappa shape index (κ3) is 5.59. The molecular formula is C24H29N5O3. The third-order valence-electron chi connectivity index (χ3n) is 5.86. The van der Waals surface area contributed by atoms with Crippen LogP contribution in [-0.4, -0.2) is 65.2 Å². The van der Waals surface area contributed by atoms with Gasteiger partial charge in [-0.15, -0.1) is 0 Å². The number of β-amino-alcohol motifs (C(OH)–C–C–N with tert-alkyl or cyclic N) is 1. The van der Waals surface area contributed by atoms with Crippen LogP contribution in [0.15, 0.2) is 55.0 Å². The highest BCUT2D eigenvalue weighted by Gasteiger charge is 2.23. The monoisotopic (exact) mass is 435 g/mol. The van der Waals surface area contributed by atoms with Crippen LogP contribution in [0.2, 0.25) is 0 Å². The molecule has 1 aromatic carbocycles. The summed E-state index contributed by atoms with van der Waals surface area (Å²) in [5.41, 5.74) is 2.40. The topological polar surface area (TPSA) is 99.6 Å². The van der Waals surface area contributed by atoms with E-state index in [2.05, 4.69) is 25.5 Å². The van der Waals surface area contributed by atoms with E-state index < -0.39 is 6.10 Å². The van der Waals surface area contributed by atoms with Gasteiger partial charge in [0, 0.05) is 30.4 Å². The summed E-state index contributed by atoms with van der Waals surface area (Å²) in [5.74, 6) is 0.675. The second-order valence-corrected chi connectivity index (χ2v) is 8.04. The normalized spacial score (nSPS) is 16.1. The van der Waals surface area contributed by atoms with Crippen molar-refractivity contribution < 1.29 is 14.6 Å². The first-order chi connectivity index (χ1) is 15.6. The fourth-order valence-corrected chi connectivity index (χ4v) is 4.11. The Morgan fingerprint density at radius 2 is 2.09 bits per heavy atom. The van der Waals surface area contributed by atoms with E-state index in [1.54, 1.807) is 31.8 Å². The van der Waals surface area contributed by atoms with Crippen LogP contribution in [-0.2, 0) is 4.79 Å². The minimum atomic E-state index is -0.609. The molecule has 0 saturated carbocycles. The molecule has 2 aromatic heterocycles. The number of benzene rings is 1. The van der Waals surface area contributed by atoms with Crippen LogP contribution in [0.4, 0.5) is 5.69 Å². The van der Waals surface area contributed by atoms with Gasteiger partial charge in [-0.3, -0.25) is 14.8 Å². The van der Waals surface area contributed by atoms with Crippen molar-refractivity contribution in [2.24, 2.45) is 0 Å². The van der Waals surface area contributed by atoms with Crippen molar-refractivity contribution in [2.75, 3.05) is 38.6 Å². The van der Waals surface area contributed by atoms with Crippen LogP contribution >= 0.6 is 0 Å². The molecule has 3 heterocycles. The van der Waals surface area contributed by atoms with Crippen LogP contribution in [0.25, 0.3) is 10.9 Å². The molecular weight excluding hydrogens is 406 g/mol. The summed E-state index contributed by atoms with van der Waals surface area (Å²) in [6, 6.07) is 11.5. The Labute approximate surface area is 187 Å². The number of anilines is 1. The molecule has 168 valence electrons. The van der Waals surface area contributed by atoms with Gasteiger partial charge in [0.1, 0.15) is 5.75 Å². The number of rotatable bonds is 8. The Hall–Kier alpha value is -3.07. The van der Waals surface area contributed by atoms with Gasteiger partial charge in [0.25, 0.3) is 0 Å². The Morgan fingerprint density at radius 3 is 2.84 bits per heavy atom. The van der Waals surface area contributed by atoms with E-state index in [-0.39, 0.29) is 18.5 Å². The van der Waals surface area contributed by atoms with Crippen molar-refractivity contribution in [3.63, 3.8) is 0 Å². The summed E-state index contributed by atoms with van der Waals surface area (Å²) in [7, 11) is 1.63. The largest absolute Gasteiger partial charge is 0.497 e. The van der Waals surface area contributed by atoms with E-state index in [0.29, 0.717) is 12.2 Å². The van der Waals surface area contributed by atoms with Crippen LogP contribution in [0.1, 0.15) is 24.5 Å². The van der Waals surface area contributed by atoms with Crippen molar-refractivity contribution in [1.82, 2.24) is 20.2 Å². The molecule has 0 radical (unpaired) electrons. The summed E-state index contributed by atoms with van der Waals surface area (Å²) in [6.07, 6.45) is 6.29. The van der Waals surface area contributed by atoms with E-state index in [1.807, 2.05) is 30.3 Å². The molecule has 8 nitrogen and oxygen atoms in total. The van der Waals surface area contributed by atoms with E-state index in [1.165, 1.54) is 0 Å². The SMILES string of the molecule is COc1ccc2nccc(C(O)CN3CCC(NCC(=O)Nc4cccnc4)CC3)c2c1. The number of amides is 1. The fraction of sp³-hybridized carbons (Fsp3) is 0.375. The fourth-order valence-electron chi connectivity index (χ4n) is 4.11. The maximum atomic E-state index is 12.1. The zero-order chi connectivity index (χ0) is 22.3. The number of aromatic nitrogens is 2. The molecule has 1 fully saturated rings. The van der Waals surface area contributed by atoms with Gasteiger partial charge in [0.2, 0.25) is 5.91 Å².